The van der Waals surface area contributed by atoms with Crippen LogP contribution >= 0.6 is 0 Å². The number of aromatic hydroxyl groups is 1. The van der Waals surface area contributed by atoms with Crippen molar-refractivity contribution in [1.82, 2.24) is 9.55 Å². The number of halogens is 3. The van der Waals surface area contributed by atoms with Gasteiger partial charge in [0.25, 0.3) is 5.56 Å². The Morgan fingerprint density at radius 3 is 2.40 bits per heavy atom. The Bertz CT molecular complexity index is 1220. The lowest BCUT2D eigenvalue weighted by Crippen LogP contribution is -2.21. The summed E-state index contributed by atoms with van der Waals surface area (Å²) in [5.41, 5.74) is 0.0654. The normalized spacial score (nSPS) is 14.9. The van der Waals surface area contributed by atoms with Crippen LogP contribution in [0.3, 0.4) is 0 Å². The zero-order valence-corrected chi connectivity index (χ0v) is 16.1. The van der Waals surface area contributed by atoms with Crippen LogP contribution in [0.25, 0.3) is 22.6 Å². The minimum absolute atomic E-state index is 0.00487. The summed E-state index contributed by atoms with van der Waals surface area (Å²) in [6, 6.07) is 6.13. The topological polar surface area (TPSA) is 73.6 Å². The molecule has 4 rings (SSSR count). The second kappa shape index (κ2) is 7.08. The maximum absolute atomic E-state index is 13.1. The number of hydrogen-bond donors (Lipinski definition) is 1. The molecule has 0 unspecified atom stereocenters. The molecule has 0 atom stereocenters. The molecule has 0 saturated carbocycles. The van der Waals surface area contributed by atoms with Gasteiger partial charge in [0.15, 0.2) is 11.5 Å². The summed E-state index contributed by atoms with van der Waals surface area (Å²) in [7, 11) is 2.81. The first-order valence-corrected chi connectivity index (χ1v) is 9.00. The van der Waals surface area contributed by atoms with Crippen LogP contribution in [-0.4, -0.2) is 28.9 Å². The van der Waals surface area contributed by atoms with Crippen LogP contribution in [0.15, 0.2) is 35.1 Å². The molecule has 1 aliphatic heterocycles. The van der Waals surface area contributed by atoms with Gasteiger partial charge in [-0.2, -0.15) is 13.2 Å². The average Bonchev–Trinajstić information content (AvgIpc) is 3.11. The molecule has 156 valence electrons. The molecule has 2 aromatic carbocycles. The number of phenolic OH excluding ortho intramolecular Hbond substituents is 1. The van der Waals surface area contributed by atoms with Gasteiger partial charge in [-0.3, -0.25) is 9.36 Å². The van der Waals surface area contributed by atoms with Crippen LogP contribution in [0.5, 0.6) is 17.2 Å². The molecule has 2 heterocycles. The van der Waals surface area contributed by atoms with Crippen molar-refractivity contribution < 1.29 is 27.8 Å². The Morgan fingerprint density at radius 1 is 1.13 bits per heavy atom. The summed E-state index contributed by atoms with van der Waals surface area (Å²) in [5.74, 6) is 0.586. The number of allylic oxidation sites excluding steroid dienone is 1. The van der Waals surface area contributed by atoms with E-state index in [9.17, 15) is 23.1 Å². The number of hydrogen-bond acceptors (Lipinski definition) is 5. The van der Waals surface area contributed by atoms with Crippen LogP contribution < -0.4 is 15.0 Å². The van der Waals surface area contributed by atoms with E-state index < -0.39 is 11.7 Å². The molecule has 0 radical (unpaired) electrons. The Kier molecular flexibility index (Phi) is 4.68. The zero-order chi connectivity index (χ0) is 21.6. The fourth-order valence-electron chi connectivity index (χ4n) is 3.53. The molecule has 0 fully saturated rings. The van der Waals surface area contributed by atoms with Crippen molar-refractivity contribution in [2.75, 3.05) is 14.2 Å². The second-order valence-electron chi connectivity index (χ2n) is 6.82. The number of benzene rings is 2. The van der Waals surface area contributed by atoms with Crippen LogP contribution in [0.2, 0.25) is 0 Å². The van der Waals surface area contributed by atoms with E-state index in [1.807, 2.05) is 0 Å². The van der Waals surface area contributed by atoms with Crippen molar-refractivity contribution in [2.24, 2.45) is 0 Å². The fraction of sp³-hybridized carbons (Fsp3) is 0.238. The van der Waals surface area contributed by atoms with E-state index in [1.165, 1.54) is 18.8 Å². The summed E-state index contributed by atoms with van der Waals surface area (Å²) in [4.78, 5) is 17.1. The van der Waals surface area contributed by atoms with Gasteiger partial charge in [0, 0.05) is 6.54 Å². The van der Waals surface area contributed by atoms with E-state index in [-0.39, 0.29) is 33.7 Å². The average molecular weight is 418 g/mol. The highest BCUT2D eigenvalue weighted by Gasteiger charge is 2.31. The number of rotatable bonds is 3. The van der Waals surface area contributed by atoms with Crippen molar-refractivity contribution in [2.45, 2.75) is 19.1 Å². The smallest absolute Gasteiger partial charge is 0.416 e. The summed E-state index contributed by atoms with van der Waals surface area (Å²) >= 11 is 0. The Morgan fingerprint density at radius 2 is 1.80 bits per heavy atom. The highest BCUT2D eigenvalue weighted by atomic mass is 19.4. The van der Waals surface area contributed by atoms with Crippen molar-refractivity contribution in [3.05, 3.63) is 57.6 Å². The minimum atomic E-state index is -4.52. The van der Waals surface area contributed by atoms with Gasteiger partial charge in [0.1, 0.15) is 5.82 Å². The molecular formula is C21H17F3N2O4. The van der Waals surface area contributed by atoms with E-state index >= 15 is 0 Å². The van der Waals surface area contributed by atoms with Crippen molar-refractivity contribution in [1.29, 1.82) is 0 Å². The van der Waals surface area contributed by atoms with Crippen molar-refractivity contribution in [3.8, 4) is 17.2 Å². The Hall–Kier alpha value is -3.49. The molecule has 9 heteroatoms. The molecule has 30 heavy (non-hydrogen) atoms. The third kappa shape index (κ3) is 3.26. The highest BCUT2D eigenvalue weighted by Crippen LogP contribution is 2.39. The van der Waals surface area contributed by atoms with Crippen LogP contribution in [-0.2, 0) is 12.7 Å². The van der Waals surface area contributed by atoms with Crippen LogP contribution in [0, 0.1) is 0 Å². The molecule has 1 N–H and O–H groups in total. The molecular weight excluding hydrogens is 401 g/mol. The number of phenols is 1. The summed E-state index contributed by atoms with van der Waals surface area (Å²) in [6.07, 6.45) is -2.30. The lowest BCUT2D eigenvalue weighted by atomic mass is 10.1. The molecule has 1 aliphatic rings. The number of methoxy groups -OCH3 is 2. The molecule has 0 saturated heterocycles. The predicted molar refractivity (Wildman–Crippen MR) is 105 cm³/mol. The number of aromatic nitrogens is 2. The van der Waals surface area contributed by atoms with Gasteiger partial charge >= 0.3 is 6.18 Å². The van der Waals surface area contributed by atoms with E-state index in [0.717, 1.165) is 18.2 Å². The third-order valence-electron chi connectivity index (χ3n) is 5.02. The van der Waals surface area contributed by atoms with Crippen molar-refractivity contribution in [3.63, 3.8) is 0 Å². The fourth-order valence-corrected chi connectivity index (χ4v) is 3.53. The molecule has 0 spiro atoms. The SMILES string of the molecule is COc1cc(/C=C2\CCn3c2nc2cc(C(F)(F)F)ccc2c3=O)cc(OC)c1O. The van der Waals surface area contributed by atoms with E-state index in [0.29, 0.717) is 29.9 Å². The predicted octanol–water partition coefficient (Wildman–Crippen LogP) is 4.08. The number of alkyl halides is 3. The summed E-state index contributed by atoms with van der Waals surface area (Å²) < 4.78 is 50.9. The monoisotopic (exact) mass is 418 g/mol. The second-order valence-corrected chi connectivity index (χ2v) is 6.82. The zero-order valence-electron chi connectivity index (χ0n) is 16.1. The van der Waals surface area contributed by atoms with Gasteiger partial charge in [-0.05, 0) is 54.0 Å². The van der Waals surface area contributed by atoms with Gasteiger partial charge in [-0.25, -0.2) is 4.98 Å². The lowest BCUT2D eigenvalue weighted by Gasteiger charge is -2.11. The summed E-state index contributed by atoms with van der Waals surface area (Å²) in [5, 5.41) is 10.2. The first kappa shape index (κ1) is 19.8. The quantitative estimate of drug-likeness (QED) is 0.694. The molecule has 0 amide bonds. The van der Waals surface area contributed by atoms with Crippen LogP contribution in [0.4, 0.5) is 13.2 Å². The summed E-state index contributed by atoms with van der Waals surface area (Å²) in [6.45, 7) is 0.371. The number of fused-ring (bicyclic) bond motifs is 2. The van der Waals surface area contributed by atoms with Gasteiger partial charge in [-0.15, -0.1) is 0 Å². The van der Waals surface area contributed by atoms with Gasteiger partial charge in [0.05, 0.1) is 30.7 Å². The van der Waals surface area contributed by atoms with Crippen LogP contribution in [0.1, 0.15) is 23.4 Å². The Balaban J connectivity index is 1.87. The largest absolute Gasteiger partial charge is 0.502 e. The standard InChI is InChI=1S/C21H17F3N2O4/c1-29-16-8-11(9-17(30-2)18(16)27)7-12-5-6-26-19(12)25-15-10-13(21(22,23)24)3-4-14(15)20(26)28/h3-4,7-10,27H,5-6H2,1-2H3/b12-7+. The maximum atomic E-state index is 13.1. The van der Waals surface area contributed by atoms with E-state index in [4.69, 9.17) is 9.47 Å². The van der Waals surface area contributed by atoms with Gasteiger partial charge < -0.3 is 14.6 Å². The first-order valence-electron chi connectivity index (χ1n) is 9.00. The first-order chi connectivity index (χ1) is 14.2. The van der Waals surface area contributed by atoms with Gasteiger partial charge in [-0.1, -0.05) is 0 Å². The Labute approximate surface area is 168 Å². The van der Waals surface area contributed by atoms with E-state index in [1.54, 1.807) is 18.2 Å². The van der Waals surface area contributed by atoms with Crippen molar-refractivity contribution >= 4 is 22.6 Å². The molecule has 3 aromatic rings. The molecule has 0 bridgehead atoms. The maximum Gasteiger partial charge on any atom is 0.416 e. The number of nitrogens with zero attached hydrogens (tertiary/aromatic N) is 2. The third-order valence-corrected chi connectivity index (χ3v) is 5.02. The minimum Gasteiger partial charge on any atom is -0.502 e. The van der Waals surface area contributed by atoms with Gasteiger partial charge in [0.2, 0.25) is 5.75 Å². The highest BCUT2D eigenvalue weighted by molar-refractivity contribution is 5.85. The molecule has 6 nitrogen and oxygen atoms in total. The molecule has 1 aromatic heterocycles. The molecule has 0 aliphatic carbocycles. The lowest BCUT2D eigenvalue weighted by molar-refractivity contribution is -0.137. The van der Waals surface area contributed by atoms with E-state index in [2.05, 4.69) is 4.98 Å². The number of ether oxygens (including phenoxy) is 2.